The second-order valence-corrected chi connectivity index (χ2v) is 6.12. The van der Waals surface area contributed by atoms with Crippen LogP contribution in [0.1, 0.15) is 6.92 Å². The molecule has 21 heavy (non-hydrogen) atoms. The first-order valence-corrected chi connectivity index (χ1v) is 8.04. The summed E-state index contributed by atoms with van der Waals surface area (Å²) in [6, 6.07) is 5.06. The molecule has 1 heterocycles. The summed E-state index contributed by atoms with van der Waals surface area (Å²) in [4.78, 5) is 4.67. The van der Waals surface area contributed by atoms with E-state index in [0.29, 0.717) is 22.3 Å². The first kappa shape index (κ1) is 16.8. The molecular formula is C15H22Cl2N2O2. The number of hydrogen-bond donors (Lipinski definition) is 1. The van der Waals surface area contributed by atoms with Crippen molar-refractivity contribution < 1.29 is 9.84 Å². The first-order chi connectivity index (χ1) is 10.1. The van der Waals surface area contributed by atoms with Gasteiger partial charge in [0.25, 0.3) is 0 Å². The maximum Gasteiger partial charge on any atom is 0.139 e. The Kier molecular flexibility index (Phi) is 6.58. The number of nitrogens with zero attached hydrogens (tertiary/aromatic N) is 2. The van der Waals surface area contributed by atoms with Crippen LogP contribution in [0, 0.1) is 0 Å². The average molecular weight is 333 g/mol. The molecule has 0 radical (unpaired) electrons. The Hall–Kier alpha value is -0.520. The fraction of sp³-hybridized carbons (Fsp3) is 0.600. The van der Waals surface area contributed by atoms with Crippen molar-refractivity contribution in [1.29, 1.82) is 0 Å². The van der Waals surface area contributed by atoms with Gasteiger partial charge >= 0.3 is 0 Å². The Bertz CT molecular complexity index is 451. The molecule has 1 unspecified atom stereocenters. The fourth-order valence-electron chi connectivity index (χ4n) is 2.41. The molecule has 1 N–H and O–H groups in total. The van der Waals surface area contributed by atoms with Gasteiger partial charge in [0.05, 0.1) is 5.02 Å². The van der Waals surface area contributed by atoms with E-state index in [-0.39, 0.29) is 6.61 Å². The zero-order valence-electron chi connectivity index (χ0n) is 12.3. The van der Waals surface area contributed by atoms with E-state index in [1.54, 1.807) is 18.2 Å². The predicted molar refractivity (Wildman–Crippen MR) is 86.5 cm³/mol. The highest BCUT2D eigenvalue weighted by Gasteiger charge is 2.18. The van der Waals surface area contributed by atoms with Crippen molar-refractivity contribution in [3.8, 4) is 5.75 Å². The number of aliphatic hydroxyl groups excluding tert-OH is 1. The van der Waals surface area contributed by atoms with Crippen LogP contribution >= 0.6 is 23.2 Å². The Morgan fingerprint density at radius 2 is 1.86 bits per heavy atom. The summed E-state index contributed by atoms with van der Waals surface area (Å²) in [5, 5.41) is 11.2. The number of benzene rings is 1. The molecule has 0 aromatic heterocycles. The summed E-state index contributed by atoms with van der Waals surface area (Å²) < 4.78 is 5.56. The van der Waals surface area contributed by atoms with E-state index in [1.807, 2.05) is 0 Å². The van der Waals surface area contributed by atoms with E-state index in [1.165, 1.54) is 0 Å². The molecule has 0 amide bonds. The summed E-state index contributed by atoms with van der Waals surface area (Å²) >= 11 is 11.9. The van der Waals surface area contributed by atoms with Crippen molar-refractivity contribution in [2.24, 2.45) is 0 Å². The number of halogens is 2. The Morgan fingerprint density at radius 1 is 1.19 bits per heavy atom. The maximum atomic E-state index is 10.1. The summed E-state index contributed by atoms with van der Waals surface area (Å²) in [7, 11) is 0. The average Bonchev–Trinajstić information content (AvgIpc) is 2.49. The molecule has 1 aliphatic rings. The topological polar surface area (TPSA) is 35.9 Å². The van der Waals surface area contributed by atoms with Crippen LogP contribution in [0.4, 0.5) is 0 Å². The van der Waals surface area contributed by atoms with Gasteiger partial charge in [0, 0.05) is 43.8 Å². The molecule has 2 rings (SSSR count). The van der Waals surface area contributed by atoms with Crippen molar-refractivity contribution in [3.63, 3.8) is 0 Å². The molecule has 1 aromatic carbocycles. The minimum Gasteiger partial charge on any atom is -0.489 e. The van der Waals surface area contributed by atoms with E-state index < -0.39 is 6.10 Å². The number of hydrogen-bond acceptors (Lipinski definition) is 4. The number of β-amino-alcohol motifs (C(OH)–C–C–N with tert-alkyl or cyclic N) is 1. The van der Waals surface area contributed by atoms with Crippen molar-refractivity contribution in [3.05, 3.63) is 28.2 Å². The molecule has 1 aliphatic heterocycles. The normalized spacial score (nSPS) is 18.7. The van der Waals surface area contributed by atoms with Gasteiger partial charge in [-0.25, -0.2) is 0 Å². The lowest BCUT2D eigenvalue weighted by Crippen LogP contribution is -2.49. The maximum absolute atomic E-state index is 10.1. The highest BCUT2D eigenvalue weighted by Crippen LogP contribution is 2.27. The zero-order valence-corrected chi connectivity index (χ0v) is 13.8. The molecule has 0 bridgehead atoms. The van der Waals surface area contributed by atoms with Crippen LogP contribution in [0.3, 0.4) is 0 Å². The van der Waals surface area contributed by atoms with Gasteiger partial charge < -0.3 is 14.7 Å². The molecule has 4 nitrogen and oxygen atoms in total. The fourth-order valence-corrected chi connectivity index (χ4v) is 2.75. The third-order valence-electron chi connectivity index (χ3n) is 3.71. The molecular weight excluding hydrogens is 311 g/mol. The van der Waals surface area contributed by atoms with Crippen LogP contribution in [0.15, 0.2) is 18.2 Å². The van der Waals surface area contributed by atoms with Crippen molar-refractivity contribution in [2.45, 2.75) is 13.0 Å². The molecule has 0 spiro atoms. The molecule has 1 saturated heterocycles. The smallest absolute Gasteiger partial charge is 0.139 e. The second kappa shape index (κ2) is 8.20. The van der Waals surface area contributed by atoms with Crippen LogP contribution in [0.2, 0.25) is 10.0 Å². The Balaban J connectivity index is 1.75. The van der Waals surface area contributed by atoms with Gasteiger partial charge in [0.1, 0.15) is 18.5 Å². The van der Waals surface area contributed by atoms with Gasteiger partial charge in [-0.1, -0.05) is 30.1 Å². The number of ether oxygens (including phenoxy) is 1. The largest absolute Gasteiger partial charge is 0.489 e. The molecule has 118 valence electrons. The Labute approximate surface area is 136 Å². The van der Waals surface area contributed by atoms with Gasteiger partial charge in [0.15, 0.2) is 0 Å². The molecule has 6 heteroatoms. The highest BCUT2D eigenvalue weighted by molar-refractivity contribution is 6.34. The van der Waals surface area contributed by atoms with Crippen LogP contribution in [0.5, 0.6) is 5.75 Å². The van der Waals surface area contributed by atoms with Gasteiger partial charge in [-0.15, -0.1) is 0 Å². The van der Waals surface area contributed by atoms with Crippen LogP contribution in [-0.4, -0.2) is 66.9 Å². The standard InChI is InChI=1S/C15H22Cl2N2O2/c1-2-18-5-7-19(8-6-18)10-13(20)11-21-15-9-12(16)3-4-14(15)17/h3-4,9,13,20H,2,5-8,10-11H2,1H3. The lowest BCUT2D eigenvalue weighted by molar-refractivity contribution is 0.0471. The predicted octanol–water partition coefficient (Wildman–Crippen LogP) is 2.37. The third kappa shape index (κ3) is 5.31. The molecule has 1 atom stereocenters. The van der Waals surface area contributed by atoms with Crippen LogP contribution in [0.25, 0.3) is 0 Å². The molecule has 0 saturated carbocycles. The lowest BCUT2D eigenvalue weighted by Gasteiger charge is -2.34. The van der Waals surface area contributed by atoms with Crippen LogP contribution in [-0.2, 0) is 0 Å². The lowest BCUT2D eigenvalue weighted by atomic mass is 10.2. The van der Waals surface area contributed by atoms with Gasteiger partial charge in [-0.05, 0) is 18.7 Å². The van der Waals surface area contributed by atoms with Gasteiger partial charge in [0.2, 0.25) is 0 Å². The quantitative estimate of drug-likeness (QED) is 0.867. The first-order valence-electron chi connectivity index (χ1n) is 7.29. The van der Waals surface area contributed by atoms with Crippen molar-refractivity contribution >= 4 is 23.2 Å². The number of piperazine rings is 1. The number of rotatable bonds is 6. The van der Waals surface area contributed by atoms with Gasteiger partial charge in [-0.2, -0.15) is 0 Å². The van der Waals surface area contributed by atoms with Gasteiger partial charge in [-0.3, -0.25) is 4.90 Å². The number of aliphatic hydroxyl groups is 1. The van der Waals surface area contributed by atoms with Crippen molar-refractivity contribution in [1.82, 2.24) is 9.80 Å². The van der Waals surface area contributed by atoms with Crippen molar-refractivity contribution in [2.75, 3.05) is 45.9 Å². The monoisotopic (exact) mass is 332 g/mol. The highest BCUT2D eigenvalue weighted by atomic mass is 35.5. The minimum atomic E-state index is -0.534. The summed E-state index contributed by atoms with van der Waals surface area (Å²) in [6.07, 6.45) is -0.534. The minimum absolute atomic E-state index is 0.216. The Morgan fingerprint density at radius 3 is 2.52 bits per heavy atom. The van der Waals surface area contributed by atoms with E-state index in [9.17, 15) is 5.11 Å². The summed E-state index contributed by atoms with van der Waals surface area (Å²) in [5.41, 5.74) is 0. The molecule has 1 aromatic rings. The summed E-state index contributed by atoms with van der Waals surface area (Å²) in [6.45, 7) is 8.20. The zero-order chi connectivity index (χ0) is 15.2. The van der Waals surface area contributed by atoms with E-state index in [2.05, 4.69) is 16.7 Å². The van der Waals surface area contributed by atoms with Crippen LogP contribution < -0.4 is 4.74 Å². The van der Waals surface area contributed by atoms with E-state index in [4.69, 9.17) is 27.9 Å². The van der Waals surface area contributed by atoms with E-state index >= 15 is 0 Å². The molecule has 1 fully saturated rings. The molecule has 0 aliphatic carbocycles. The third-order valence-corrected chi connectivity index (χ3v) is 4.25. The van der Waals surface area contributed by atoms with E-state index in [0.717, 1.165) is 32.7 Å². The summed E-state index contributed by atoms with van der Waals surface area (Å²) in [5.74, 6) is 0.513. The number of likely N-dealkylation sites (N-methyl/N-ethyl adjacent to an activating group) is 1. The second-order valence-electron chi connectivity index (χ2n) is 5.27. The SMILES string of the molecule is CCN1CCN(CC(O)COc2cc(Cl)ccc2Cl)CC1.